The summed E-state index contributed by atoms with van der Waals surface area (Å²) < 4.78 is 5.49. The van der Waals surface area contributed by atoms with E-state index in [1.54, 1.807) is 11.8 Å². The van der Waals surface area contributed by atoms with Gasteiger partial charge >= 0.3 is 6.03 Å². The number of amides is 2. The molecular formula is C19H23N3O2S. The van der Waals surface area contributed by atoms with Gasteiger partial charge in [0.05, 0.1) is 6.10 Å². The number of aromatic nitrogens is 1. The summed E-state index contributed by atoms with van der Waals surface area (Å²) in [6, 6.07) is 13.7. The molecular weight excluding hydrogens is 334 g/mol. The van der Waals surface area contributed by atoms with Crippen LogP contribution in [0, 0.1) is 0 Å². The van der Waals surface area contributed by atoms with Crippen LogP contribution >= 0.6 is 11.8 Å². The number of aryl methyl sites for hydroxylation is 1. The number of pyridine rings is 1. The largest absolute Gasteiger partial charge is 0.376 e. The van der Waals surface area contributed by atoms with Crippen LogP contribution < -0.4 is 10.6 Å². The van der Waals surface area contributed by atoms with E-state index in [0.717, 1.165) is 43.0 Å². The summed E-state index contributed by atoms with van der Waals surface area (Å²) in [4.78, 5) is 17.4. The van der Waals surface area contributed by atoms with Crippen molar-refractivity contribution >= 4 is 23.5 Å². The minimum atomic E-state index is -0.189. The number of nitrogens with one attached hydrogen (secondary N) is 2. The number of anilines is 1. The second kappa shape index (κ2) is 9.44. The Balaban J connectivity index is 1.38. The molecule has 1 aliphatic heterocycles. The maximum atomic E-state index is 11.9. The molecule has 0 aliphatic carbocycles. The van der Waals surface area contributed by atoms with Crippen molar-refractivity contribution in [1.29, 1.82) is 0 Å². The van der Waals surface area contributed by atoms with E-state index >= 15 is 0 Å². The van der Waals surface area contributed by atoms with Crippen LogP contribution in [0.2, 0.25) is 0 Å². The molecule has 0 radical (unpaired) electrons. The second-order valence-electron chi connectivity index (χ2n) is 5.91. The Kier molecular flexibility index (Phi) is 6.71. The normalized spacial score (nSPS) is 16.6. The van der Waals surface area contributed by atoms with Crippen molar-refractivity contribution in [2.75, 3.05) is 24.2 Å². The van der Waals surface area contributed by atoms with Gasteiger partial charge in [-0.05, 0) is 55.7 Å². The third kappa shape index (κ3) is 6.07. The summed E-state index contributed by atoms with van der Waals surface area (Å²) >= 11 is 1.79. The number of benzene rings is 1. The first-order chi connectivity index (χ1) is 12.3. The first-order valence-corrected chi connectivity index (χ1v) is 9.57. The van der Waals surface area contributed by atoms with E-state index in [1.165, 1.54) is 4.90 Å². The topological polar surface area (TPSA) is 63.2 Å². The average Bonchev–Trinajstić information content (AvgIpc) is 3.16. The fourth-order valence-electron chi connectivity index (χ4n) is 2.64. The van der Waals surface area contributed by atoms with Gasteiger partial charge in [-0.25, -0.2) is 4.79 Å². The molecule has 2 aromatic rings. The molecule has 1 aromatic carbocycles. The lowest BCUT2D eigenvalue weighted by atomic mass is 10.2. The van der Waals surface area contributed by atoms with Crippen molar-refractivity contribution in [1.82, 2.24) is 10.3 Å². The molecule has 0 unspecified atom stereocenters. The highest BCUT2D eigenvalue weighted by Crippen LogP contribution is 2.21. The molecule has 2 N–H and O–H groups in total. The van der Waals surface area contributed by atoms with Crippen molar-refractivity contribution in [2.45, 2.75) is 30.3 Å². The predicted molar refractivity (Wildman–Crippen MR) is 101 cm³/mol. The summed E-state index contributed by atoms with van der Waals surface area (Å²) in [7, 11) is 0. The molecule has 0 saturated carbocycles. The summed E-state index contributed by atoms with van der Waals surface area (Å²) in [5.74, 6) is 0.978. The highest BCUT2D eigenvalue weighted by molar-refractivity contribution is 7.99. The van der Waals surface area contributed by atoms with Crippen molar-refractivity contribution in [3.63, 3.8) is 0 Å². The van der Waals surface area contributed by atoms with Crippen molar-refractivity contribution in [3.05, 3.63) is 54.4 Å². The van der Waals surface area contributed by atoms with Gasteiger partial charge in [-0.2, -0.15) is 0 Å². The van der Waals surface area contributed by atoms with Gasteiger partial charge in [-0.1, -0.05) is 6.07 Å². The van der Waals surface area contributed by atoms with E-state index in [-0.39, 0.29) is 12.1 Å². The number of hydrogen-bond donors (Lipinski definition) is 2. The SMILES string of the molecule is O=C(NC[C@H]1CCCO1)Nc1ccc(SCCc2ccccn2)cc1. The van der Waals surface area contributed by atoms with Crippen molar-refractivity contribution in [3.8, 4) is 0 Å². The third-order valence-electron chi connectivity index (χ3n) is 3.98. The van der Waals surface area contributed by atoms with Crippen LogP contribution in [-0.4, -0.2) is 36.0 Å². The molecule has 6 heteroatoms. The first-order valence-electron chi connectivity index (χ1n) is 8.59. The Bertz CT molecular complexity index is 658. The average molecular weight is 357 g/mol. The molecule has 2 amide bonds. The predicted octanol–water partition coefficient (Wildman–Crippen LogP) is 3.72. The highest BCUT2D eigenvalue weighted by atomic mass is 32.2. The number of nitrogens with zero attached hydrogens (tertiary/aromatic N) is 1. The minimum absolute atomic E-state index is 0.156. The molecule has 1 atom stereocenters. The van der Waals surface area contributed by atoms with E-state index in [2.05, 4.69) is 15.6 Å². The summed E-state index contributed by atoms with van der Waals surface area (Å²) in [5.41, 5.74) is 1.90. The lowest BCUT2D eigenvalue weighted by molar-refractivity contribution is 0.112. The van der Waals surface area contributed by atoms with E-state index in [0.29, 0.717) is 6.54 Å². The smallest absolute Gasteiger partial charge is 0.319 e. The van der Waals surface area contributed by atoms with Gasteiger partial charge in [0.1, 0.15) is 0 Å². The molecule has 1 saturated heterocycles. The van der Waals surface area contributed by atoms with Gasteiger partial charge in [-0.15, -0.1) is 11.8 Å². The minimum Gasteiger partial charge on any atom is -0.376 e. The molecule has 0 spiro atoms. The van der Waals surface area contributed by atoms with Gasteiger partial charge in [-0.3, -0.25) is 4.98 Å². The highest BCUT2D eigenvalue weighted by Gasteiger charge is 2.15. The molecule has 1 aromatic heterocycles. The summed E-state index contributed by atoms with van der Waals surface area (Å²) in [6.07, 6.45) is 5.02. The van der Waals surface area contributed by atoms with Gasteiger partial charge in [0.15, 0.2) is 0 Å². The van der Waals surface area contributed by atoms with Crippen molar-refractivity contribution < 1.29 is 9.53 Å². The number of rotatable bonds is 7. The van der Waals surface area contributed by atoms with Gasteiger partial charge in [0, 0.05) is 41.4 Å². The zero-order chi connectivity index (χ0) is 17.3. The Hall–Kier alpha value is -2.05. The number of hydrogen-bond acceptors (Lipinski definition) is 4. The number of thioether (sulfide) groups is 1. The van der Waals surface area contributed by atoms with Crippen LogP contribution in [0.25, 0.3) is 0 Å². The lowest BCUT2D eigenvalue weighted by Crippen LogP contribution is -2.34. The van der Waals surface area contributed by atoms with E-state index in [1.807, 2.05) is 48.7 Å². The maximum Gasteiger partial charge on any atom is 0.319 e. The van der Waals surface area contributed by atoms with Crippen LogP contribution in [0.1, 0.15) is 18.5 Å². The molecule has 3 rings (SSSR count). The van der Waals surface area contributed by atoms with Crippen LogP contribution in [0.5, 0.6) is 0 Å². The molecule has 0 bridgehead atoms. The molecule has 5 nitrogen and oxygen atoms in total. The fourth-order valence-corrected chi connectivity index (χ4v) is 3.52. The van der Waals surface area contributed by atoms with Crippen LogP contribution in [0.4, 0.5) is 10.5 Å². The second-order valence-corrected chi connectivity index (χ2v) is 7.08. The van der Waals surface area contributed by atoms with Gasteiger partial charge in [0.25, 0.3) is 0 Å². The number of carbonyl (C=O) groups is 1. The standard InChI is InChI=1S/C19H23N3O2S/c23-19(21-14-17-5-3-12-24-17)22-16-6-8-18(9-7-16)25-13-10-15-4-1-2-11-20-15/h1-2,4,6-9,11,17H,3,5,10,12-14H2,(H2,21,22,23)/t17-/m1/s1. The Morgan fingerprint density at radius 2 is 2.12 bits per heavy atom. The first kappa shape index (κ1) is 17.8. The van der Waals surface area contributed by atoms with Crippen LogP contribution in [0.15, 0.2) is 53.6 Å². The fraction of sp³-hybridized carbons (Fsp3) is 0.368. The van der Waals surface area contributed by atoms with E-state index < -0.39 is 0 Å². The molecule has 132 valence electrons. The molecule has 25 heavy (non-hydrogen) atoms. The molecule has 2 heterocycles. The zero-order valence-electron chi connectivity index (χ0n) is 14.1. The van der Waals surface area contributed by atoms with Gasteiger partial charge < -0.3 is 15.4 Å². The molecule has 1 fully saturated rings. The summed E-state index contributed by atoms with van der Waals surface area (Å²) in [6.45, 7) is 1.36. The number of urea groups is 1. The Labute approximate surface area is 152 Å². The number of ether oxygens (including phenoxy) is 1. The van der Waals surface area contributed by atoms with E-state index in [4.69, 9.17) is 4.74 Å². The van der Waals surface area contributed by atoms with Crippen LogP contribution in [0.3, 0.4) is 0 Å². The Morgan fingerprint density at radius 3 is 2.84 bits per heavy atom. The van der Waals surface area contributed by atoms with Crippen molar-refractivity contribution in [2.24, 2.45) is 0 Å². The van der Waals surface area contributed by atoms with Crippen LogP contribution in [-0.2, 0) is 11.2 Å². The third-order valence-corrected chi connectivity index (χ3v) is 4.99. The van der Waals surface area contributed by atoms with E-state index in [9.17, 15) is 4.79 Å². The lowest BCUT2D eigenvalue weighted by Gasteiger charge is -2.12. The summed E-state index contributed by atoms with van der Waals surface area (Å²) in [5, 5.41) is 5.70. The quantitative estimate of drug-likeness (QED) is 0.742. The Morgan fingerprint density at radius 1 is 1.24 bits per heavy atom. The van der Waals surface area contributed by atoms with Gasteiger partial charge in [0.2, 0.25) is 0 Å². The number of carbonyl (C=O) groups excluding carboxylic acids is 1. The zero-order valence-corrected chi connectivity index (χ0v) is 14.9. The molecule has 1 aliphatic rings. The maximum absolute atomic E-state index is 11.9. The monoisotopic (exact) mass is 357 g/mol.